The molecule has 0 saturated carbocycles. The first kappa shape index (κ1) is 33.6. The van der Waals surface area contributed by atoms with Gasteiger partial charge in [-0.2, -0.15) is 11.8 Å². The number of thioether (sulfide) groups is 1. The van der Waals surface area contributed by atoms with E-state index in [0.29, 0.717) is 66.4 Å². The van der Waals surface area contributed by atoms with Gasteiger partial charge in [-0.05, 0) is 72.6 Å². The Bertz CT molecular complexity index is 1380. The Balaban J connectivity index is 2.09. The maximum Gasteiger partial charge on any atom is 0.305 e. The molecular formula is C31H41N3O8S. The van der Waals surface area contributed by atoms with Gasteiger partial charge in [0.25, 0.3) is 0 Å². The van der Waals surface area contributed by atoms with Crippen molar-refractivity contribution >= 4 is 35.2 Å². The van der Waals surface area contributed by atoms with Crippen LogP contribution in [0.3, 0.4) is 0 Å². The Morgan fingerprint density at radius 2 is 1.79 bits per heavy atom. The lowest BCUT2D eigenvalue weighted by molar-refractivity contribution is -0.140. The molecular weight excluding hydrogens is 574 g/mol. The molecule has 0 fully saturated rings. The van der Waals surface area contributed by atoms with E-state index in [0.717, 1.165) is 11.1 Å². The fourth-order valence-electron chi connectivity index (χ4n) is 5.19. The normalized spacial score (nSPS) is 14.2. The van der Waals surface area contributed by atoms with Crippen molar-refractivity contribution < 1.29 is 33.3 Å². The fourth-order valence-corrected chi connectivity index (χ4v) is 5.66. The molecule has 0 radical (unpaired) electrons. The minimum Gasteiger partial charge on any atom is -0.493 e. The number of anilines is 1. The van der Waals surface area contributed by atoms with Gasteiger partial charge >= 0.3 is 5.97 Å². The van der Waals surface area contributed by atoms with E-state index in [-0.39, 0.29) is 35.3 Å². The monoisotopic (exact) mass is 615 g/mol. The number of methoxy groups -OCH3 is 4. The van der Waals surface area contributed by atoms with Gasteiger partial charge in [-0.1, -0.05) is 6.07 Å². The highest BCUT2D eigenvalue weighted by Crippen LogP contribution is 2.50. The van der Waals surface area contributed by atoms with Gasteiger partial charge in [-0.3, -0.25) is 19.2 Å². The zero-order valence-electron chi connectivity index (χ0n) is 25.6. The van der Waals surface area contributed by atoms with Crippen LogP contribution < -0.4 is 35.6 Å². The number of hydrogen-bond donors (Lipinski definition) is 3. The Kier molecular flexibility index (Phi) is 12.5. The van der Waals surface area contributed by atoms with Crippen molar-refractivity contribution in [3.05, 3.63) is 45.6 Å². The molecule has 0 saturated heterocycles. The summed E-state index contributed by atoms with van der Waals surface area (Å²) in [5.74, 6) is 1.24. The molecule has 3 rings (SSSR count). The van der Waals surface area contributed by atoms with Crippen LogP contribution in [0.4, 0.5) is 5.69 Å². The lowest BCUT2D eigenvalue weighted by Gasteiger charge is -2.19. The summed E-state index contributed by atoms with van der Waals surface area (Å²) in [7, 11) is 5.95. The summed E-state index contributed by atoms with van der Waals surface area (Å²) in [5, 5.41) is 9.00. The van der Waals surface area contributed by atoms with Crippen LogP contribution in [-0.4, -0.2) is 70.8 Å². The number of carbonyl (C=O) groups is 3. The first-order chi connectivity index (χ1) is 20.7. The van der Waals surface area contributed by atoms with Gasteiger partial charge in [0, 0.05) is 25.5 Å². The third kappa shape index (κ3) is 8.34. The van der Waals surface area contributed by atoms with E-state index in [1.54, 1.807) is 32.0 Å². The molecule has 2 amide bonds. The molecule has 0 heterocycles. The molecule has 0 spiro atoms. The molecule has 3 N–H and O–H groups in total. The van der Waals surface area contributed by atoms with Crippen molar-refractivity contribution in [1.82, 2.24) is 10.6 Å². The first-order valence-corrected chi connectivity index (χ1v) is 15.5. The van der Waals surface area contributed by atoms with E-state index >= 15 is 0 Å². The smallest absolute Gasteiger partial charge is 0.305 e. The van der Waals surface area contributed by atoms with Crippen molar-refractivity contribution in [3.63, 3.8) is 0 Å². The molecule has 12 heteroatoms. The number of carbonyl (C=O) groups excluding carboxylic acids is 3. The number of nitrogens with one attached hydrogen (secondary N) is 3. The molecule has 2 aromatic carbocycles. The van der Waals surface area contributed by atoms with Gasteiger partial charge < -0.3 is 34.9 Å². The van der Waals surface area contributed by atoms with Gasteiger partial charge in [-0.25, -0.2) is 0 Å². The van der Waals surface area contributed by atoms with Crippen LogP contribution in [-0.2, 0) is 25.5 Å². The lowest BCUT2D eigenvalue weighted by atomic mass is 9.95. The zero-order chi connectivity index (χ0) is 31.5. The molecule has 2 unspecified atom stereocenters. The number of aryl methyl sites for hydroxylation is 1. The quantitative estimate of drug-likeness (QED) is 0.214. The first-order valence-electron chi connectivity index (χ1n) is 14.1. The number of benzene rings is 1. The predicted molar refractivity (Wildman–Crippen MR) is 167 cm³/mol. The molecule has 11 nitrogen and oxygen atoms in total. The largest absolute Gasteiger partial charge is 0.493 e. The van der Waals surface area contributed by atoms with E-state index < -0.39 is 12.1 Å². The van der Waals surface area contributed by atoms with Crippen LogP contribution in [0.2, 0.25) is 0 Å². The molecule has 1 aliphatic rings. The van der Waals surface area contributed by atoms with E-state index in [1.165, 1.54) is 27.2 Å². The van der Waals surface area contributed by atoms with Gasteiger partial charge in [0.1, 0.15) is 6.04 Å². The lowest BCUT2D eigenvalue weighted by Crippen LogP contribution is -2.41. The van der Waals surface area contributed by atoms with Crippen molar-refractivity contribution in [2.24, 2.45) is 0 Å². The maximum absolute atomic E-state index is 13.7. The molecule has 0 aromatic heterocycles. The summed E-state index contributed by atoms with van der Waals surface area (Å²) in [4.78, 5) is 50.4. The second-order valence-electron chi connectivity index (χ2n) is 10.0. The van der Waals surface area contributed by atoms with Crippen molar-refractivity contribution in [1.29, 1.82) is 0 Å². The summed E-state index contributed by atoms with van der Waals surface area (Å²) in [6.45, 7) is 1.74. The van der Waals surface area contributed by atoms with Crippen LogP contribution in [0.15, 0.2) is 29.1 Å². The van der Waals surface area contributed by atoms with Crippen LogP contribution >= 0.6 is 11.8 Å². The van der Waals surface area contributed by atoms with Crippen molar-refractivity contribution in [2.75, 3.05) is 52.3 Å². The Labute approximate surface area is 256 Å². The number of ether oxygens (including phenoxy) is 4. The third-order valence-corrected chi connectivity index (χ3v) is 7.90. The Hall–Kier alpha value is -3.93. The highest BCUT2D eigenvalue weighted by molar-refractivity contribution is 7.98. The van der Waals surface area contributed by atoms with Gasteiger partial charge in [-0.15, -0.1) is 0 Å². The predicted octanol–water partition coefficient (Wildman–Crippen LogP) is 3.47. The van der Waals surface area contributed by atoms with Crippen LogP contribution in [0.1, 0.15) is 49.8 Å². The van der Waals surface area contributed by atoms with E-state index in [9.17, 15) is 19.2 Å². The summed E-state index contributed by atoms with van der Waals surface area (Å²) < 4.78 is 21.7. The number of esters is 1. The summed E-state index contributed by atoms with van der Waals surface area (Å²) in [5.41, 5.74) is 2.90. The molecule has 0 aliphatic heterocycles. The summed E-state index contributed by atoms with van der Waals surface area (Å²) in [6, 6.07) is 5.76. The SMILES string of the molecule is COC(=O)CCCNC(=O)C(CCSC)Nc1ccc2c(cc1=O)C(NC(C)=O)CCc1cc(OC)c(OC)c(OC)c1-2. The summed E-state index contributed by atoms with van der Waals surface area (Å²) in [6.07, 6.45) is 4.18. The average molecular weight is 616 g/mol. The van der Waals surface area contributed by atoms with E-state index in [4.69, 9.17) is 14.2 Å². The van der Waals surface area contributed by atoms with E-state index in [2.05, 4.69) is 20.7 Å². The minimum atomic E-state index is -0.683. The summed E-state index contributed by atoms with van der Waals surface area (Å²) >= 11 is 1.59. The number of hydrogen-bond acceptors (Lipinski definition) is 10. The Morgan fingerprint density at radius 1 is 1.05 bits per heavy atom. The Morgan fingerprint density at radius 3 is 2.42 bits per heavy atom. The maximum atomic E-state index is 13.7. The standard InChI is InChI=1S/C31H41N3O8S/c1-18(35)33-22-11-9-19-16-26(39-2)29(41-4)30(42-5)28(19)20-10-12-23(25(36)17-21(20)22)34-24(13-15-43-6)31(38)32-14-7-8-27(37)40-3/h10,12,16-17,22,24H,7-9,11,13-15H2,1-6H3,(H,32,38)(H,33,35)(H,34,36). The van der Waals surface area contributed by atoms with Crippen LogP contribution in [0.25, 0.3) is 11.1 Å². The molecule has 1 aliphatic carbocycles. The molecule has 0 bridgehead atoms. The second kappa shape index (κ2) is 16.1. The number of amides is 2. The highest BCUT2D eigenvalue weighted by atomic mass is 32.2. The highest BCUT2D eigenvalue weighted by Gasteiger charge is 2.30. The van der Waals surface area contributed by atoms with Gasteiger partial charge in [0.15, 0.2) is 11.5 Å². The topological polar surface area (TPSA) is 141 Å². The minimum absolute atomic E-state index is 0.196. The fraction of sp³-hybridized carbons (Fsp3) is 0.484. The number of fused-ring (bicyclic) bond motifs is 3. The molecule has 2 aromatic rings. The average Bonchev–Trinajstić information content (AvgIpc) is 3.24. The molecule has 234 valence electrons. The number of rotatable bonds is 14. The third-order valence-electron chi connectivity index (χ3n) is 7.26. The van der Waals surface area contributed by atoms with Gasteiger partial charge in [0.05, 0.1) is 40.2 Å². The van der Waals surface area contributed by atoms with E-state index in [1.807, 2.05) is 18.4 Å². The molecule has 2 atom stereocenters. The second-order valence-corrected chi connectivity index (χ2v) is 11.0. The van der Waals surface area contributed by atoms with Gasteiger partial charge in [0.2, 0.25) is 23.0 Å². The molecule has 43 heavy (non-hydrogen) atoms. The van der Waals surface area contributed by atoms with Crippen LogP contribution in [0.5, 0.6) is 17.2 Å². The van der Waals surface area contributed by atoms with Crippen LogP contribution in [0, 0.1) is 0 Å². The van der Waals surface area contributed by atoms with Crippen molar-refractivity contribution in [2.45, 2.75) is 51.1 Å². The van der Waals surface area contributed by atoms with Crippen molar-refractivity contribution in [3.8, 4) is 28.4 Å². The zero-order valence-corrected chi connectivity index (χ0v) is 26.4.